The van der Waals surface area contributed by atoms with Gasteiger partial charge in [-0.1, -0.05) is 27.7 Å². The highest BCUT2D eigenvalue weighted by atomic mass is 16.5. The lowest BCUT2D eigenvalue weighted by Gasteiger charge is -2.27. The number of ether oxygens (including phenoxy) is 1. The summed E-state index contributed by atoms with van der Waals surface area (Å²) in [6.45, 7) is 13.8. The Morgan fingerprint density at radius 3 is 1.93 bits per heavy atom. The zero-order valence-corrected chi connectivity index (χ0v) is 10.4. The van der Waals surface area contributed by atoms with Crippen LogP contribution in [0.2, 0.25) is 0 Å². The zero-order valence-electron chi connectivity index (χ0n) is 10.4. The van der Waals surface area contributed by atoms with Crippen LogP contribution in [-0.4, -0.2) is 50.0 Å². The topological polar surface area (TPSA) is 32.7 Å². The van der Waals surface area contributed by atoms with Gasteiger partial charge in [-0.3, -0.25) is 4.90 Å². The summed E-state index contributed by atoms with van der Waals surface area (Å²) >= 11 is 0. The summed E-state index contributed by atoms with van der Waals surface area (Å²) in [6, 6.07) is 0. The summed E-state index contributed by atoms with van der Waals surface area (Å²) in [7, 11) is 1.00. The Kier molecular flexibility index (Phi) is 15.0. The molecule has 0 spiro atoms. The fourth-order valence-corrected chi connectivity index (χ4v) is 1.30. The summed E-state index contributed by atoms with van der Waals surface area (Å²) in [5.41, 5.74) is 0. The Bertz CT molecular complexity index is 91.3. The monoisotopic (exact) mass is 205 g/mol. The van der Waals surface area contributed by atoms with Crippen LogP contribution in [0.1, 0.15) is 27.7 Å². The Balaban J connectivity index is 0. The summed E-state index contributed by atoms with van der Waals surface area (Å²) in [5, 5.41) is 7.00. The van der Waals surface area contributed by atoms with Gasteiger partial charge in [-0.05, 0) is 5.92 Å². The number of rotatable bonds is 2. The van der Waals surface area contributed by atoms with E-state index in [9.17, 15) is 0 Å². The van der Waals surface area contributed by atoms with Gasteiger partial charge >= 0.3 is 0 Å². The van der Waals surface area contributed by atoms with Gasteiger partial charge in [0, 0.05) is 26.7 Å². The molecule has 0 amide bonds. The second kappa shape index (κ2) is 12.9. The summed E-state index contributed by atoms with van der Waals surface area (Å²) in [4.78, 5) is 2.47. The number of aliphatic hydroxyl groups is 1. The van der Waals surface area contributed by atoms with Crippen LogP contribution in [0.3, 0.4) is 0 Å². The summed E-state index contributed by atoms with van der Waals surface area (Å²) < 4.78 is 5.24. The second-order valence-corrected chi connectivity index (χ2v) is 3.31. The highest BCUT2D eigenvalue weighted by Crippen LogP contribution is 2.01. The van der Waals surface area contributed by atoms with Gasteiger partial charge in [-0.15, -0.1) is 0 Å². The predicted molar refractivity (Wildman–Crippen MR) is 61.6 cm³/mol. The molecule has 1 aliphatic heterocycles. The second-order valence-electron chi connectivity index (χ2n) is 3.31. The lowest BCUT2D eigenvalue weighted by Crippen LogP contribution is -2.38. The molecule has 0 bridgehead atoms. The van der Waals surface area contributed by atoms with Crippen molar-refractivity contribution in [3.8, 4) is 0 Å². The first kappa shape index (κ1) is 16.3. The maximum Gasteiger partial charge on any atom is 0.0594 e. The predicted octanol–water partition coefficient (Wildman–Crippen LogP) is 1.61. The molecule has 0 aliphatic carbocycles. The molecular weight excluding hydrogens is 178 g/mol. The van der Waals surface area contributed by atoms with Crippen LogP contribution >= 0.6 is 0 Å². The molecule has 3 heteroatoms. The van der Waals surface area contributed by atoms with Crippen molar-refractivity contribution in [2.45, 2.75) is 27.7 Å². The molecule has 88 valence electrons. The fourth-order valence-electron chi connectivity index (χ4n) is 1.30. The van der Waals surface area contributed by atoms with Crippen molar-refractivity contribution >= 4 is 0 Å². The van der Waals surface area contributed by atoms with Gasteiger partial charge in [-0.2, -0.15) is 0 Å². The fraction of sp³-hybridized carbons (Fsp3) is 1.00. The molecule has 1 aliphatic rings. The molecule has 1 saturated heterocycles. The van der Waals surface area contributed by atoms with Crippen LogP contribution in [0.25, 0.3) is 0 Å². The zero-order chi connectivity index (χ0) is 11.4. The highest BCUT2D eigenvalue weighted by Gasteiger charge is 2.10. The quantitative estimate of drug-likeness (QED) is 0.743. The Morgan fingerprint density at radius 2 is 1.57 bits per heavy atom. The molecule has 14 heavy (non-hydrogen) atoms. The van der Waals surface area contributed by atoms with E-state index in [1.165, 1.54) is 6.54 Å². The Labute approximate surface area is 89.1 Å². The van der Waals surface area contributed by atoms with Crippen molar-refractivity contribution < 1.29 is 9.84 Å². The van der Waals surface area contributed by atoms with Gasteiger partial charge < -0.3 is 9.84 Å². The first-order chi connectivity index (χ1) is 6.79. The molecule has 1 heterocycles. The SMILES string of the molecule is CC.CC(C)CN1CCOCC1.CO. The average molecular weight is 205 g/mol. The minimum atomic E-state index is 0.790. The minimum absolute atomic E-state index is 0.790. The van der Waals surface area contributed by atoms with E-state index >= 15 is 0 Å². The maximum absolute atomic E-state index is 7.00. The smallest absolute Gasteiger partial charge is 0.0594 e. The van der Waals surface area contributed by atoms with E-state index in [2.05, 4.69) is 18.7 Å². The van der Waals surface area contributed by atoms with Gasteiger partial charge in [0.1, 0.15) is 0 Å². The number of hydrogen-bond acceptors (Lipinski definition) is 3. The van der Waals surface area contributed by atoms with Crippen LogP contribution in [0.4, 0.5) is 0 Å². The molecule has 0 saturated carbocycles. The Hall–Kier alpha value is -0.120. The van der Waals surface area contributed by atoms with E-state index in [1.807, 2.05) is 13.8 Å². The third-order valence-corrected chi connectivity index (χ3v) is 1.73. The molecule has 1 fully saturated rings. The van der Waals surface area contributed by atoms with Crippen molar-refractivity contribution in [2.24, 2.45) is 5.92 Å². The molecule has 1 rings (SSSR count). The maximum atomic E-state index is 7.00. The molecule has 3 nitrogen and oxygen atoms in total. The van der Waals surface area contributed by atoms with Gasteiger partial charge in [0.15, 0.2) is 0 Å². The van der Waals surface area contributed by atoms with Crippen molar-refractivity contribution in [1.29, 1.82) is 0 Å². The van der Waals surface area contributed by atoms with Gasteiger partial charge in [0.25, 0.3) is 0 Å². The van der Waals surface area contributed by atoms with Crippen molar-refractivity contribution in [3.63, 3.8) is 0 Å². The van der Waals surface area contributed by atoms with E-state index < -0.39 is 0 Å². The standard InChI is InChI=1S/C8H17NO.C2H6.CH4O/c1-8(2)7-9-3-5-10-6-4-9;2*1-2/h8H,3-7H2,1-2H3;1-2H3;2H,1H3. The van der Waals surface area contributed by atoms with Crippen LogP contribution < -0.4 is 0 Å². The largest absolute Gasteiger partial charge is 0.400 e. The highest BCUT2D eigenvalue weighted by molar-refractivity contribution is 4.62. The first-order valence-corrected chi connectivity index (χ1v) is 5.54. The summed E-state index contributed by atoms with van der Waals surface area (Å²) in [5.74, 6) is 0.790. The lowest BCUT2D eigenvalue weighted by molar-refractivity contribution is 0.0329. The van der Waals surface area contributed by atoms with E-state index in [0.717, 1.165) is 39.3 Å². The van der Waals surface area contributed by atoms with Crippen molar-refractivity contribution in [3.05, 3.63) is 0 Å². The van der Waals surface area contributed by atoms with Crippen LogP contribution in [0.5, 0.6) is 0 Å². The summed E-state index contributed by atoms with van der Waals surface area (Å²) in [6.07, 6.45) is 0. The molecule has 0 atom stereocenters. The minimum Gasteiger partial charge on any atom is -0.400 e. The number of hydrogen-bond donors (Lipinski definition) is 1. The van der Waals surface area contributed by atoms with Gasteiger partial charge in [0.2, 0.25) is 0 Å². The van der Waals surface area contributed by atoms with E-state index in [0.29, 0.717) is 0 Å². The number of aliphatic hydroxyl groups excluding tert-OH is 1. The number of nitrogens with zero attached hydrogens (tertiary/aromatic N) is 1. The molecule has 0 radical (unpaired) electrons. The van der Waals surface area contributed by atoms with Crippen molar-refractivity contribution in [1.82, 2.24) is 4.90 Å². The molecule has 0 aromatic rings. The van der Waals surface area contributed by atoms with E-state index in [1.54, 1.807) is 0 Å². The van der Waals surface area contributed by atoms with Gasteiger partial charge in [0.05, 0.1) is 13.2 Å². The first-order valence-electron chi connectivity index (χ1n) is 5.54. The van der Waals surface area contributed by atoms with E-state index in [4.69, 9.17) is 9.84 Å². The normalized spacial score (nSPS) is 16.5. The van der Waals surface area contributed by atoms with Crippen LogP contribution in [0.15, 0.2) is 0 Å². The van der Waals surface area contributed by atoms with Crippen LogP contribution in [0, 0.1) is 5.92 Å². The molecule has 0 unspecified atom stereocenters. The van der Waals surface area contributed by atoms with Gasteiger partial charge in [-0.25, -0.2) is 0 Å². The third kappa shape index (κ3) is 9.96. The molecular formula is C11H27NO2. The average Bonchev–Trinajstić information content (AvgIpc) is 2.24. The molecule has 0 aromatic heterocycles. The molecule has 0 aromatic carbocycles. The Morgan fingerprint density at radius 1 is 1.14 bits per heavy atom. The van der Waals surface area contributed by atoms with Crippen molar-refractivity contribution in [2.75, 3.05) is 40.0 Å². The lowest BCUT2D eigenvalue weighted by atomic mass is 10.2. The third-order valence-electron chi connectivity index (χ3n) is 1.73. The number of morpholine rings is 1. The molecule has 1 N–H and O–H groups in total. The van der Waals surface area contributed by atoms with E-state index in [-0.39, 0.29) is 0 Å². The van der Waals surface area contributed by atoms with Crippen LogP contribution in [-0.2, 0) is 4.74 Å².